The van der Waals surface area contributed by atoms with Gasteiger partial charge < -0.3 is 0 Å². The molecule has 0 atom stereocenters. The van der Waals surface area contributed by atoms with E-state index in [1.165, 1.54) is 0 Å². The summed E-state index contributed by atoms with van der Waals surface area (Å²) in [7, 11) is 0. The van der Waals surface area contributed by atoms with Gasteiger partial charge in [-0.05, 0) is 36.4 Å². The van der Waals surface area contributed by atoms with Gasteiger partial charge in [-0.25, -0.2) is 9.98 Å². The summed E-state index contributed by atoms with van der Waals surface area (Å²) in [5.74, 6) is 1.42. The smallest absolute Gasteiger partial charge is 0.178 e. The molecule has 4 heterocycles. The van der Waals surface area contributed by atoms with E-state index in [0.29, 0.717) is 5.82 Å². The molecule has 0 bridgehead atoms. The van der Waals surface area contributed by atoms with Gasteiger partial charge in [0.15, 0.2) is 11.6 Å². The van der Waals surface area contributed by atoms with Gasteiger partial charge in [0.25, 0.3) is 0 Å². The maximum absolute atomic E-state index is 4.65. The molecule has 0 saturated heterocycles. The highest BCUT2D eigenvalue weighted by Crippen LogP contribution is 2.26. The summed E-state index contributed by atoms with van der Waals surface area (Å²) in [6.45, 7) is 0. The molecule has 0 aliphatic heterocycles. The summed E-state index contributed by atoms with van der Waals surface area (Å²) in [6.07, 6.45) is 7.19. The third-order valence-electron chi connectivity index (χ3n) is 3.43. The van der Waals surface area contributed by atoms with Crippen LogP contribution in [0.1, 0.15) is 5.69 Å². The Morgan fingerprint density at radius 3 is 2.48 bits per heavy atom. The third-order valence-corrected chi connectivity index (χ3v) is 3.43. The van der Waals surface area contributed by atoms with E-state index in [-0.39, 0.29) is 0 Å². The molecule has 0 aliphatic rings. The maximum Gasteiger partial charge on any atom is 0.178 e. The highest BCUT2D eigenvalue weighted by Gasteiger charge is 2.11. The van der Waals surface area contributed by atoms with Crippen molar-refractivity contribution < 1.29 is 0 Å². The lowest BCUT2D eigenvalue weighted by Crippen LogP contribution is -1.90. The Hall–Kier alpha value is -3.34. The van der Waals surface area contributed by atoms with E-state index in [4.69, 9.17) is 0 Å². The van der Waals surface area contributed by atoms with Crippen molar-refractivity contribution in [1.82, 2.24) is 19.4 Å². The predicted molar refractivity (Wildman–Crippen MR) is 89.9 cm³/mol. The standard InChI is InChI=1S/C18H13N5/c1-4-10-19-14(7-1)13-21-17-16-9-3-6-12-23(16)18(22-17)15-8-2-5-11-20-15/h1-13H/b21-13+. The van der Waals surface area contributed by atoms with Crippen LogP contribution < -0.4 is 0 Å². The molecule has 5 heteroatoms. The molecule has 0 unspecified atom stereocenters. The van der Waals surface area contributed by atoms with Crippen LogP contribution in [0.25, 0.3) is 17.0 Å². The Labute approximate surface area is 133 Å². The first kappa shape index (κ1) is 13.3. The lowest BCUT2D eigenvalue weighted by molar-refractivity contribution is 1.13. The number of hydrogen-bond acceptors (Lipinski definition) is 4. The van der Waals surface area contributed by atoms with Crippen molar-refractivity contribution >= 4 is 17.5 Å². The van der Waals surface area contributed by atoms with Crippen molar-refractivity contribution in [2.24, 2.45) is 4.99 Å². The van der Waals surface area contributed by atoms with Gasteiger partial charge in [0, 0.05) is 18.6 Å². The maximum atomic E-state index is 4.65. The quantitative estimate of drug-likeness (QED) is 0.544. The fourth-order valence-electron chi connectivity index (χ4n) is 2.37. The summed E-state index contributed by atoms with van der Waals surface area (Å²) >= 11 is 0. The molecule has 0 amide bonds. The molecule has 0 N–H and O–H groups in total. The molecule has 0 aromatic carbocycles. The van der Waals surface area contributed by atoms with Gasteiger partial charge in [-0.1, -0.05) is 18.2 Å². The first-order valence-corrected chi connectivity index (χ1v) is 7.25. The van der Waals surface area contributed by atoms with Gasteiger partial charge in [0.05, 0.1) is 17.4 Å². The molecular weight excluding hydrogens is 286 g/mol. The zero-order chi connectivity index (χ0) is 15.5. The molecule has 0 radical (unpaired) electrons. The van der Waals surface area contributed by atoms with E-state index in [9.17, 15) is 0 Å². The van der Waals surface area contributed by atoms with E-state index in [1.54, 1.807) is 18.6 Å². The van der Waals surface area contributed by atoms with Crippen LogP contribution >= 0.6 is 0 Å². The minimum Gasteiger partial charge on any atom is -0.296 e. The normalized spacial score (nSPS) is 11.3. The minimum absolute atomic E-state index is 0.650. The predicted octanol–water partition coefficient (Wildman–Crippen LogP) is 3.54. The summed E-state index contributed by atoms with van der Waals surface area (Å²) in [5, 5.41) is 0. The Bertz CT molecular complexity index is 959. The largest absolute Gasteiger partial charge is 0.296 e. The highest BCUT2D eigenvalue weighted by atomic mass is 15.1. The Morgan fingerprint density at radius 2 is 1.70 bits per heavy atom. The lowest BCUT2D eigenvalue weighted by atomic mass is 10.3. The number of imidazole rings is 1. The van der Waals surface area contributed by atoms with Crippen LogP contribution in [-0.4, -0.2) is 25.6 Å². The second-order valence-corrected chi connectivity index (χ2v) is 4.94. The fourth-order valence-corrected chi connectivity index (χ4v) is 2.37. The summed E-state index contributed by atoms with van der Waals surface area (Å²) in [4.78, 5) is 17.8. The SMILES string of the molecule is C(=N\c1nc(-c2ccccn2)n2ccccc12)/c1ccccn1. The van der Waals surface area contributed by atoms with E-state index in [0.717, 1.165) is 22.7 Å². The van der Waals surface area contributed by atoms with Crippen molar-refractivity contribution in [3.05, 3.63) is 78.9 Å². The molecule has 0 spiro atoms. The topological polar surface area (TPSA) is 55.4 Å². The van der Waals surface area contributed by atoms with Gasteiger partial charge in [0.1, 0.15) is 5.69 Å². The Kier molecular flexibility index (Phi) is 3.37. The van der Waals surface area contributed by atoms with Crippen LogP contribution in [0.15, 0.2) is 78.2 Å². The van der Waals surface area contributed by atoms with Crippen molar-refractivity contribution in [3.63, 3.8) is 0 Å². The zero-order valence-electron chi connectivity index (χ0n) is 12.2. The van der Waals surface area contributed by atoms with Crippen LogP contribution in [0.5, 0.6) is 0 Å². The molecule has 0 aliphatic carbocycles. The Morgan fingerprint density at radius 1 is 0.870 bits per heavy atom. The van der Waals surface area contributed by atoms with Crippen LogP contribution in [0.2, 0.25) is 0 Å². The van der Waals surface area contributed by atoms with Crippen molar-refractivity contribution in [1.29, 1.82) is 0 Å². The average Bonchev–Trinajstić information content (AvgIpc) is 3.01. The van der Waals surface area contributed by atoms with E-state index in [2.05, 4.69) is 19.9 Å². The molecule has 110 valence electrons. The second-order valence-electron chi connectivity index (χ2n) is 4.94. The van der Waals surface area contributed by atoms with E-state index in [1.807, 2.05) is 65.2 Å². The molecule has 5 nitrogen and oxygen atoms in total. The zero-order valence-corrected chi connectivity index (χ0v) is 12.2. The first-order valence-electron chi connectivity index (χ1n) is 7.25. The van der Waals surface area contributed by atoms with Gasteiger partial charge in [-0.2, -0.15) is 0 Å². The van der Waals surface area contributed by atoms with Crippen molar-refractivity contribution in [2.75, 3.05) is 0 Å². The molecule has 23 heavy (non-hydrogen) atoms. The number of aliphatic imine (C=N–C) groups is 1. The molecular formula is C18H13N5. The minimum atomic E-state index is 0.650. The van der Waals surface area contributed by atoms with Crippen molar-refractivity contribution in [2.45, 2.75) is 0 Å². The van der Waals surface area contributed by atoms with Crippen molar-refractivity contribution in [3.8, 4) is 11.5 Å². The number of rotatable bonds is 3. The van der Waals surface area contributed by atoms with Gasteiger partial charge in [-0.3, -0.25) is 14.4 Å². The molecule has 0 fully saturated rings. The number of fused-ring (bicyclic) bond motifs is 1. The highest BCUT2D eigenvalue weighted by molar-refractivity contribution is 5.83. The molecule has 4 rings (SSSR count). The first-order chi connectivity index (χ1) is 11.4. The third kappa shape index (κ3) is 2.60. The van der Waals surface area contributed by atoms with Crippen LogP contribution in [0.3, 0.4) is 0 Å². The number of nitrogens with zero attached hydrogens (tertiary/aromatic N) is 5. The summed E-state index contributed by atoms with van der Waals surface area (Å²) < 4.78 is 1.99. The summed E-state index contributed by atoms with van der Waals surface area (Å²) in [5.41, 5.74) is 2.54. The molecule has 0 saturated carbocycles. The number of hydrogen-bond donors (Lipinski definition) is 0. The van der Waals surface area contributed by atoms with Crippen LogP contribution in [0.4, 0.5) is 5.82 Å². The fraction of sp³-hybridized carbons (Fsp3) is 0. The monoisotopic (exact) mass is 299 g/mol. The van der Waals surface area contributed by atoms with Crippen LogP contribution in [-0.2, 0) is 0 Å². The van der Waals surface area contributed by atoms with Gasteiger partial charge >= 0.3 is 0 Å². The summed E-state index contributed by atoms with van der Waals surface area (Å²) in [6, 6.07) is 17.4. The van der Waals surface area contributed by atoms with Crippen LogP contribution in [0, 0.1) is 0 Å². The van der Waals surface area contributed by atoms with E-state index >= 15 is 0 Å². The number of aromatic nitrogens is 4. The lowest BCUT2D eigenvalue weighted by Gasteiger charge is -1.98. The van der Waals surface area contributed by atoms with Gasteiger partial charge in [-0.15, -0.1) is 0 Å². The number of pyridine rings is 3. The molecule has 4 aromatic rings. The molecule has 4 aromatic heterocycles. The Balaban J connectivity index is 1.83. The average molecular weight is 299 g/mol. The second kappa shape index (κ2) is 5.81. The van der Waals surface area contributed by atoms with E-state index < -0.39 is 0 Å². The van der Waals surface area contributed by atoms with Gasteiger partial charge in [0.2, 0.25) is 0 Å².